The van der Waals surface area contributed by atoms with Crippen molar-refractivity contribution >= 4 is 32.8 Å². The molecule has 0 spiro atoms. The van der Waals surface area contributed by atoms with Crippen molar-refractivity contribution in [1.82, 2.24) is 4.98 Å². The second-order valence-corrected chi connectivity index (χ2v) is 6.14. The molecule has 0 unspecified atom stereocenters. The number of esters is 1. The number of fused-ring (bicyclic) bond motifs is 2. The molecule has 0 saturated heterocycles. The minimum absolute atomic E-state index is 0.330. The van der Waals surface area contributed by atoms with Crippen molar-refractivity contribution in [3.8, 4) is 11.1 Å². The Balaban J connectivity index is 2.15. The number of carbonyl (C=O) groups excluding carboxylic acids is 1. The summed E-state index contributed by atoms with van der Waals surface area (Å²) in [6.45, 7) is 0.410. The molecule has 0 atom stereocenters. The number of rotatable bonds is 1. The van der Waals surface area contributed by atoms with Crippen LogP contribution < -0.4 is 0 Å². The lowest BCUT2D eigenvalue weighted by Crippen LogP contribution is -2.20. The largest absolute Gasteiger partial charge is 0.461 e. The van der Waals surface area contributed by atoms with Crippen molar-refractivity contribution in [3.63, 3.8) is 0 Å². The minimum Gasteiger partial charge on any atom is -0.461 e. The standard InChI is InChI=1S/C18H12BrNO2/c19-12-6-7-15-14(10-12)16(11-4-2-1-3-5-11)13-8-9-22-18(21)17(13)20-15/h1-7,10H,8-9H2. The molecule has 1 aromatic heterocycles. The van der Waals surface area contributed by atoms with E-state index < -0.39 is 0 Å². The Morgan fingerprint density at radius 3 is 2.73 bits per heavy atom. The van der Waals surface area contributed by atoms with E-state index in [0.717, 1.165) is 32.1 Å². The van der Waals surface area contributed by atoms with Crippen LogP contribution in [0.15, 0.2) is 53.0 Å². The Morgan fingerprint density at radius 1 is 1.09 bits per heavy atom. The molecule has 0 amide bonds. The third kappa shape index (κ3) is 2.11. The molecule has 1 aliphatic rings. The fourth-order valence-electron chi connectivity index (χ4n) is 2.94. The van der Waals surface area contributed by atoms with E-state index in [4.69, 9.17) is 4.74 Å². The normalized spacial score (nSPS) is 13.8. The monoisotopic (exact) mass is 353 g/mol. The van der Waals surface area contributed by atoms with Gasteiger partial charge in [-0.3, -0.25) is 0 Å². The number of halogens is 1. The summed E-state index contributed by atoms with van der Waals surface area (Å²) in [4.78, 5) is 16.6. The molecular weight excluding hydrogens is 342 g/mol. The van der Waals surface area contributed by atoms with E-state index in [-0.39, 0.29) is 5.97 Å². The number of cyclic esters (lactones) is 1. The molecule has 0 radical (unpaired) electrons. The van der Waals surface area contributed by atoms with E-state index in [2.05, 4.69) is 39.1 Å². The van der Waals surface area contributed by atoms with Crippen LogP contribution in [0.1, 0.15) is 16.1 Å². The lowest BCUT2D eigenvalue weighted by atomic mass is 9.92. The van der Waals surface area contributed by atoms with Crippen molar-refractivity contribution in [1.29, 1.82) is 0 Å². The molecule has 0 fully saturated rings. The van der Waals surface area contributed by atoms with Gasteiger partial charge in [-0.05, 0) is 34.9 Å². The lowest BCUT2D eigenvalue weighted by Gasteiger charge is -2.20. The van der Waals surface area contributed by atoms with Crippen LogP contribution in [0.3, 0.4) is 0 Å². The molecule has 1 aliphatic heterocycles. The summed E-state index contributed by atoms with van der Waals surface area (Å²) in [5.74, 6) is -0.330. The predicted octanol–water partition coefficient (Wildman–Crippen LogP) is 4.38. The molecule has 4 heteroatoms. The smallest absolute Gasteiger partial charge is 0.357 e. The number of hydrogen-bond acceptors (Lipinski definition) is 3. The van der Waals surface area contributed by atoms with Crippen molar-refractivity contribution in [2.24, 2.45) is 0 Å². The van der Waals surface area contributed by atoms with Crippen LogP contribution in [0.2, 0.25) is 0 Å². The van der Waals surface area contributed by atoms with E-state index in [1.807, 2.05) is 30.3 Å². The van der Waals surface area contributed by atoms with Crippen LogP contribution >= 0.6 is 15.9 Å². The van der Waals surface area contributed by atoms with Gasteiger partial charge in [-0.1, -0.05) is 46.3 Å². The summed E-state index contributed by atoms with van der Waals surface area (Å²) in [6, 6.07) is 16.1. The molecular formula is C18H12BrNO2. The molecule has 108 valence electrons. The van der Waals surface area contributed by atoms with Gasteiger partial charge < -0.3 is 4.74 Å². The van der Waals surface area contributed by atoms with E-state index in [9.17, 15) is 4.79 Å². The average Bonchev–Trinajstić information content (AvgIpc) is 2.54. The van der Waals surface area contributed by atoms with Crippen molar-refractivity contribution in [2.45, 2.75) is 6.42 Å². The Bertz CT molecular complexity index is 890. The number of benzene rings is 2. The van der Waals surface area contributed by atoms with Crippen molar-refractivity contribution in [2.75, 3.05) is 6.61 Å². The molecule has 0 aliphatic carbocycles. The first-order valence-corrected chi connectivity index (χ1v) is 7.88. The summed E-state index contributed by atoms with van der Waals surface area (Å²) in [5, 5.41) is 1.05. The second kappa shape index (κ2) is 5.21. The van der Waals surface area contributed by atoms with Gasteiger partial charge in [0, 0.05) is 16.3 Å². The fraction of sp³-hybridized carbons (Fsp3) is 0.111. The summed E-state index contributed by atoms with van der Waals surface area (Å²) < 4.78 is 6.15. The van der Waals surface area contributed by atoms with Gasteiger partial charge in [-0.2, -0.15) is 0 Å². The summed E-state index contributed by atoms with van der Waals surface area (Å²) >= 11 is 3.53. The molecule has 2 aromatic carbocycles. The van der Waals surface area contributed by atoms with Gasteiger partial charge in [0.25, 0.3) is 0 Å². The Kier molecular flexibility index (Phi) is 3.19. The average molecular weight is 354 g/mol. The fourth-order valence-corrected chi connectivity index (χ4v) is 3.30. The molecule has 0 saturated carbocycles. The Hall–Kier alpha value is -2.20. The molecule has 3 aromatic rings. The van der Waals surface area contributed by atoms with Crippen LogP contribution in [0.4, 0.5) is 0 Å². The Morgan fingerprint density at radius 2 is 1.91 bits per heavy atom. The predicted molar refractivity (Wildman–Crippen MR) is 88.9 cm³/mol. The number of hydrogen-bond donors (Lipinski definition) is 0. The van der Waals surface area contributed by atoms with Gasteiger partial charge in [-0.15, -0.1) is 0 Å². The molecule has 3 nitrogen and oxygen atoms in total. The molecule has 0 bridgehead atoms. The van der Waals surface area contributed by atoms with Crippen LogP contribution in [0.5, 0.6) is 0 Å². The second-order valence-electron chi connectivity index (χ2n) is 5.23. The van der Waals surface area contributed by atoms with Gasteiger partial charge >= 0.3 is 5.97 Å². The van der Waals surface area contributed by atoms with Crippen LogP contribution in [-0.4, -0.2) is 17.6 Å². The highest BCUT2D eigenvalue weighted by Gasteiger charge is 2.25. The van der Waals surface area contributed by atoms with Crippen LogP contribution in [0, 0.1) is 0 Å². The number of carbonyl (C=O) groups is 1. The van der Waals surface area contributed by atoms with Crippen LogP contribution in [-0.2, 0) is 11.2 Å². The number of aromatic nitrogens is 1. The first-order chi connectivity index (χ1) is 10.7. The first kappa shape index (κ1) is 13.5. The maximum atomic E-state index is 12.1. The zero-order valence-corrected chi connectivity index (χ0v) is 13.3. The van der Waals surface area contributed by atoms with E-state index in [1.54, 1.807) is 0 Å². The van der Waals surface area contributed by atoms with E-state index in [1.165, 1.54) is 0 Å². The highest BCUT2D eigenvalue weighted by Crippen LogP contribution is 2.36. The van der Waals surface area contributed by atoms with Gasteiger partial charge in [0.05, 0.1) is 12.1 Å². The van der Waals surface area contributed by atoms with E-state index >= 15 is 0 Å². The molecule has 22 heavy (non-hydrogen) atoms. The highest BCUT2D eigenvalue weighted by molar-refractivity contribution is 9.10. The maximum Gasteiger partial charge on any atom is 0.357 e. The van der Waals surface area contributed by atoms with Crippen LogP contribution in [0.25, 0.3) is 22.0 Å². The summed E-state index contributed by atoms with van der Waals surface area (Å²) in [5.41, 5.74) is 4.41. The number of pyridine rings is 1. The summed E-state index contributed by atoms with van der Waals surface area (Å²) in [6.07, 6.45) is 0.695. The van der Waals surface area contributed by atoms with Gasteiger partial charge in [0.1, 0.15) is 0 Å². The zero-order valence-electron chi connectivity index (χ0n) is 11.7. The van der Waals surface area contributed by atoms with Crippen molar-refractivity contribution in [3.05, 3.63) is 64.3 Å². The van der Waals surface area contributed by atoms with Gasteiger partial charge in [0.15, 0.2) is 5.69 Å². The van der Waals surface area contributed by atoms with Gasteiger partial charge in [0.2, 0.25) is 0 Å². The van der Waals surface area contributed by atoms with E-state index in [0.29, 0.717) is 18.7 Å². The van der Waals surface area contributed by atoms with Gasteiger partial charge in [-0.25, -0.2) is 9.78 Å². The third-order valence-corrected chi connectivity index (χ3v) is 4.38. The highest BCUT2D eigenvalue weighted by atomic mass is 79.9. The summed E-state index contributed by atoms with van der Waals surface area (Å²) in [7, 11) is 0. The molecule has 0 N–H and O–H groups in total. The van der Waals surface area contributed by atoms with Crippen molar-refractivity contribution < 1.29 is 9.53 Å². The third-order valence-electron chi connectivity index (χ3n) is 3.89. The zero-order chi connectivity index (χ0) is 15.1. The number of nitrogens with zero attached hydrogens (tertiary/aromatic N) is 1. The lowest BCUT2D eigenvalue weighted by molar-refractivity contribution is 0.0473. The Labute approximate surface area is 136 Å². The number of ether oxygens (including phenoxy) is 1. The minimum atomic E-state index is -0.330. The maximum absolute atomic E-state index is 12.1. The quantitative estimate of drug-likeness (QED) is 0.609. The molecule has 4 rings (SSSR count). The molecule has 2 heterocycles. The SMILES string of the molecule is O=C1OCCc2c1nc1ccc(Br)cc1c2-c1ccccc1. The first-order valence-electron chi connectivity index (χ1n) is 7.09. The topological polar surface area (TPSA) is 39.2 Å².